The summed E-state index contributed by atoms with van der Waals surface area (Å²) in [7, 11) is -2.52. The van der Waals surface area contributed by atoms with E-state index in [2.05, 4.69) is 31.9 Å². The van der Waals surface area contributed by atoms with Crippen LogP contribution < -0.4 is 5.30 Å². The van der Waals surface area contributed by atoms with Gasteiger partial charge in [0.25, 0.3) is 0 Å². The first-order valence-corrected chi connectivity index (χ1v) is 11.4. The Kier molecular flexibility index (Phi) is 6.61. The molecular weight excluding hydrogens is 526 g/mol. The molecule has 0 saturated carbocycles. The Morgan fingerprint density at radius 3 is 2.25 bits per heavy atom. The fourth-order valence-electron chi connectivity index (χ4n) is 2.75. The van der Waals surface area contributed by atoms with Crippen LogP contribution in [0.15, 0.2) is 69.6 Å². The van der Waals surface area contributed by atoms with Crippen LogP contribution in [0.5, 0.6) is 0 Å². The lowest BCUT2D eigenvalue weighted by Gasteiger charge is -2.06. The molecule has 0 spiro atoms. The summed E-state index contributed by atoms with van der Waals surface area (Å²) in [6, 6.07) is 17.1. The van der Waals surface area contributed by atoms with Crippen molar-refractivity contribution in [3.8, 4) is 0 Å². The summed E-state index contributed by atoms with van der Waals surface area (Å²) < 4.78 is 14.0. The first-order chi connectivity index (χ1) is 13.3. The number of benzene rings is 3. The quantitative estimate of drug-likeness (QED) is 0.268. The smallest absolute Gasteiger partial charge is 0.289 e. The molecule has 0 N–H and O–H groups in total. The molecule has 0 aliphatic rings. The van der Waals surface area contributed by atoms with Crippen molar-refractivity contribution < 1.29 is 14.2 Å². The van der Waals surface area contributed by atoms with Crippen molar-refractivity contribution in [1.29, 1.82) is 0 Å². The van der Waals surface area contributed by atoms with Gasteiger partial charge in [0.05, 0.1) is 19.5 Å². The van der Waals surface area contributed by atoms with E-state index in [1.165, 1.54) is 0 Å². The first-order valence-electron chi connectivity index (χ1n) is 8.17. The van der Waals surface area contributed by atoms with Crippen LogP contribution in [0.25, 0.3) is 0 Å². The lowest BCUT2D eigenvalue weighted by Crippen LogP contribution is -2.13. The molecule has 3 aromatic carbocycles. The van der Waals surface area contributed by atoms with Crippen LogP contribution in [0.3, 0.4) is 0 Å². The molecule has 1 unspecified atom stereocenters. The van der Waals surface area contributed by atoms with Crippen LogP contribution >= 0.6 is 51.3 Å². The summed E-state index contributed by atoms with van der Waals surface area (Å²) in [6.45, 7) is 1.74. The lowest BCUT2D eigenvalue weighted by molar-refractivity contribution is 0.103. The summed E-state index contributed by atoms with van der Waals surface area (Å²) >= 11 is 12.9. The van der Waals surface area contributed by atoms with E-state index >= 15 is 0 Å². The predicted molar refractivity (Wildman–Crippen MR) is 119 cm³/mol. The van der Waals surface area contributed by atoms with Gasteiger partial charge in [0, 0.05) is 11.1 Å². The van der Waals surface area contributed by atoms with E-state index in [4.69, 9.17) is 11.6 Å². The minimum Gasteiger partial charge on any atom is -0.289 e. The third-order valence-corrected chi connectivity index (χ3v) is 8.05. The zero-order valence-corrected chi connectivity index (χ0v) is 19.4. The Labute approximate surface area is 185 Å². The van der Waals surface area contributed by atoms with Crippen LogP contribution in [-0.4, -0.2) is 11.3 Å². The van der Waals surface area contributed by atoms with E-state index in [9.17, 15) is 14.2 Å². The molecule has 0 radical (unpaired) electrons. The van der Waals surface area contributed by atoms with Crippen LogP contribution in [0, 0.1) is 6.92 Å². The van der Waals surface area contributed by atoms with Crippen molar-refractivity contribution in [2.45, 2.75) is 6.92 Å². The third-order valence-electron chi connectivity index (χ3n) is 4.17. The molecule has 0 bridgehead atoms. The summed E-state index contributed by atoms with van der Waals surface area (Å²) in [6.07, 6.45) is 0. The molecule has 28 heavy (non-hydrogen) atoms. The third kappa shape index (κ3) is 4.04. The Morgan fingerprint density at radius 1 is 0.929 bits per heavy atom. The van der Waals surface area contributed by atoms with E-state index in [0.717, 1.165) is 0 Å². The summed E-state index contributed by atoms with van der Waals surface area (Å²) in [5.74, 6) is -0.231. The SMILES string of the molecule is Cc1cccc(Cl)c1C(=O)[P+](=O)c1c(Br)ccc(C(=O)c2ccccc2)c1Br. The summed E-state index contributed by atoms with van der Waals surface area (Å²) in [4.78, 5) is 25.8. The van der Waals surface area contributed by atoms with E-state index in [-0.39, 0.29) is 21.7 Å². The van der Waals surface area contributed by atoms with Gasteiger partial charge in [-0.1, -0.05) is 58.6 Å². The highest BCUT2D eigenvalue weighted by Crippen LogP contribution is 2.38. The van der Waals surface area contributed by atoms with Crippen LogP contribution in [-0.2, 0) is 4.57 Å². The molecule has 0 aliphatic heterocycles. The van der Waals surface area contributed by atoms with Crippen LogP contribution in [0.4, 0.5) is 0 Å². The highest BCUT2D eigenvalue weighted by atomic mass is 79.9. The van der Waals surface area contributed by atoms with Gasteiger partial charge in [-0.3, -0.25) is 4.79 Å². The second kappa shape index (κ2) is 8.79. The Bertz CT molecular complexity index is 1090. The van der Waals surface area contributed by atoms with Gasteiger partial charge < -0.3 is 0 Å². The average molecular weight is 540 g/mol. The fourth-order valence-corrected chi connectivity index (χ4v) is 6.49. The van der Waals surface area contributed by atoms with Crippen molar-refractivity contribution in [3.05, 3.63) is 96.9 Å². The number of ketones is 1. The molecule has 1 atom stereocenters. The number of halogens is 3. The first kappa shape index (κ1) is 21.1. The zero-order chi connectivity index (χ0) is 20.4. The normalized spacial score (nSPS) is 11.2. The van der Waals surface area contributed by atoms with Gasteiger partial charge in [-0.25, -0.2) is 4.79 Å². The number of carbonyl (C=O) groups excluding carboxylic acids is 2. The number of carbonyl (C=O) groups is 2. The van der Waals surface area contributed by atoms with Gasteiger partial charge in [0.1, 0.15) is 0 Å². The summed E-state index contributed by atoms with van der Waals surface area (Å²) in [5, 5.41) is 0.484. The van der Waals surface area contributed by atoms with Crippen molar-refractivity contribution in [3.63, 3.8) is 0 Å². The molecule has 0 aliphatic carbocycles. The predicted octanol–water partition coefficient (Wildman–Crippen LogP) is 6.70. The molecule has 0 fully saturated rings. The van der Waals surface area contributed by atoms with Crippen LogP contribution in [0.2, 0.25) is 5.02 Å². The maximum atomic E-state index is 13.2. The van der Waals surface area contributed by atoms with Gasteiger partial charge in [-0.2, -0.15) is 0 Å². The number of rotatable bonds is 5. The monoisotopic (exact) mass is 537 g/mol. The zero-order valence-electron chi connectivity index (χ0n) is 14.6. The van der Waals surface area contributed by atoms with Gasteiger partial charge in [0.2, 0.25) is 5.30 Å². The van der Waals surface area contributed by atoms with E-state index in [0.29, 0.717) is 25.6 Å². The molecule has 3 nitrogen and oxygen atoms in total. The number of hydrogen-bond acceptors (Lipinski definition) is 3. The number of aryl methyl sites for hydroxylation is 1. The van der Waals surface area contributed by atoms with E-state index < -0.39 is 13.3 Å². The minimum absolute atomic E-state index is 0.226. The number of hydrogen-bond donors (Lipinski definition) is 0. The molecule has 0 amide bonds. The second-order valence-electron chi connectivity index (χ2n) is 5.98. The van der Waals surface area contributed by atoms with Gasteiger partial charge in [0.15, 0.2) is 5.78 Å². The van der Waals surface area contributed by atoms with Gasteiger partial charge in [-0.15, -0.1) is 0 Å². The summed E-state index contributed by atoms with van der Waals surface area (Å²) in [5.41, 5.74) is 1.12. The highest BCUT2D eigenvalue weighted by Gasteiger charge is 2.40. The molecule has 7 heteroatoms. The average Bonchev–Trinajstić information content (AvgIpc) is 2.68. The van der Waals surface area contributed by atoms with Crippen molar-refractivity contribution in [1.82, 2.24) is 0 Å². The minimum atomic E-state index is -2.52. The highest BCUT2D eigenvalue weighted by molar-refractivity contribution is 9.11. The van der Waals surface area contributed by atoms with Crippen LogP contribution in [0.1, 0.15) is 31.8 Å². The van der Waals surface area contributed by atoms with E-state index in [1.54, 1.807) is 61.5 Å². The molecule has 0 aromatic heterocycles. The molecule has 0 saturated heterocycles. The van der Waals surface area contributed by atoms with Crippen molar-refractivity contribution in [2.24, 2.45) is 0 Å². The fraction of sp³-hybridized carbons (Fsp3) is 0.0476. The lowest BCUT2D eigenvalue weighted by atomic mass is 10.0. The molecular formula is C21H13Br2ClO3P+. The molecule has 0 heterocycles. The second-order valence-corrected chi connectivity index (χ2v) is 9.48. The van der Waals surface area contributed by atoms with Gasteiger partial charge >= 0.3 is 13.3 Å². The standard InChI is InChI=1S/C21H13Br2ClO3P/c1-12-6-5-9-16(24)17(12)21(26)28(27)20-15(22)11-10-14(18(20)23)19(25)13-7-3-2-4-8-13/h2-11H,1H3/q+1. The topological polar surface area (TPSA) is 51.2 Å². The molecule has 3 aromatic rings. The van der Waals surface area contributed by atoms with Crippen molar-refractivity contribution in [2.75, 3.05) is 0 Å². The van der Waals surface area contributed by atoms with Gasteiger partial charge in [-0.05, 0) is 62.5 Å². The molecule has 140 valence electrons. The molecule has 3 rings (SSSR count). The Morgan fingerprint density at radius 2 is 1.61 bits per heavy atom. The Balaban J connectivity index is 2.08. The Hall–Kier alpha value is -1.65. The van der Waals surface area contributed by atoms with Crippen molar-refractivity contribution >= 4 is 67.9 Å². The maximum absolute atomic E-state index is 13.2. The largest absolute Gasteiger partial charge is 0.461 e. The van der Waals surface area contributed by atoms with E-state index in [1.807, 2.05) is 6.07 Å². The maximum Gasteiger partial charge on any atom is 0.461 e.